The van der Waals surface area contributed by atoms with Gasteiger partial charge in [0.15, 0.2) is 0 Å². The van der Waals surface area contributed by atoms with Gasteiger partial charge in [-0.1, -0.05) is 22.0 Å². The minimum Gasteiger partial charge on any atom is -0.478 e. The quantitative estimate of drug-likeness (QED) is 0.624. The van der Waals surface area contributed by atoms with Crippen molar-refractivity contribution in [3.8, 4) is 0 Å². The number of benzene rings is 1. The van der Waals surface area contributed by atoms with E-state index in [4.69, 9.17) is 0 Å². The molecule has 0 spiro atoms. The number of carbonyl (C=O) groups excluding carboxylic acids is 1. The Kier molecular flexibility index (Phi) is 6.61. The molecule has 0 bridgehead atoms. The maximum atomic E-state index is 12.0. The number of halogens is 2. The van der Waals surface area contributed by atoms with Crippen LogP contribution >= 0.6 is 43.6 Å². The van der Waals surface area contributed by atoms with Crippen molar-refractivity contribution in [2.75, 3.05) is 11.1 Å². The number of hydrogen-bond acceptors (Lipinski definition) is 4. The minimum atomic E-state index is -1.11. The van der Waals surface area contributed by atoms with Crippen molar-refractivity contribution in [1.82, 2.24) is 4.98 Å². The largest absolute Gasteiger partial charge is 0.478 e. The van der Waals surface area contributed by atoms with E-state index in [0.29, 0.717) is 14.7 Å². The van der Waals surface area contributed by atoms with Crippen LogP contribution in [0.4, 0.5) is 5.69 Å². The summed E-state index contributed by atoms with van der Waals surface area (Å²) < 4.78 is 1.13. The first-order valence-corrected chi connectivity index (χ1v) is 9.10. The van der Waals surface area contributed by atoms with E-state index in [1.165, 1.54) is 17.8 Å². The molecule has 1 aromatic carbocycles. The molecule has 120 valence electrons. The summed E-state index contributed by atoms with van der Waals surface area (Å²) in [6.45, 7) is 0. The number of rotatable bonds is 6. The summed E-state index contributed by atoms with van der Waals surface area (Å²) in [4.78, 5) is 27.5. The van der Waals surface area contributed by atoms with Crippen LogP contribution in [0.5, 0.6) is 0 Å². The lowest BCUT2D eigenvalue weighted by Gasteiger charge is -2.11. The van der Waals surface area contributed by atoms with Gasteiger partial charge in [-0.15, -0.1) is 11.8 Å². The van der Waals surface area contributed by atoms with Crippen molar-refractivity contribution >= 4 is 61.2 Å². The molecule has 1 amide bonds. The zero-order chi connectivity index (χ0) is 16.8. The fourth-order valence-corrected chi connectivity index (χ4v) is 3.88. The van der Waals surface area contributed by atoms with E-state index < -0.39 is 5.97 Å². The molecule has 0 aliphatic carbocycles. The second-order valence-electron chi connectivity index (χ2n) is 4.43. The zero-order valence-electron chi connectivity index (χ0n) is 11.8. The molecule has 0 atom stereocenters. The highest BCUT2D eigenvalue weighted by atomic mass is 79.9. The molecule has 0 aliphatic rings. The van der Waals surface area contributed by atoms with Crippen LogP contribution in [0.3, 0.4) is 0 Å². The molecule has 2 N–H and O–H groups in total. The van der Waals surface area contributed by atoms with Gasteiger partial charge in [-0.3, -0.25) is 4.79 Å². The van der Waals surface area contributed by atoms with Gasteiger partial charge in [0.2, 0.25) is 5.91 Å². The molecule has 2 aromatic rings. The fraction of sp³-hybridized carbons (Fsp3) is 0.133. The summed E-state index contributed by atoms with van der Waals surface area (Å²) in [5.41, 5.74) is 0.283. The molecule has 0 aliphatic heterocycles. The summed E-state index contributed by atoms with van der Waals surface area (Å²) in [5, 5.41) is 12.7. The third-order valence-corrected chi connectivity index (χ3v) is 4.80. The minimum absolute atomic E-state index is 0.0250. The highest BCUT2D eigenvalue weighted by molar-refractivity contribution is 9.11. The molecule has 0 radical (unpaired) electrons. The molecular formula is C15H12Br2N2O3S. The SMILES string of the molecule is O=C(CCSc1ccccn1)Nc1c(Br)cc(Br)cc1C(=O)O. The highest BCUT2D eigenvalue weighted by Crippen LogP contribution is 2.31. The predicted molar refractivity (Wildman–Crippen MR) is 97.0 cm³/mol. The average molecular weight is 460 g/mol. The summed E-state index contributed by atoms with van der Waals surface area (Å²) in [6.07, 6.45) is 1.95. The van der Waals surface area contributed by atoms with Crippen LogP contribution in [-0.2, 0) is 4.79 Å². The van der Waals surface area contributed by atoms with Crippen LogP contribution in [0.25, 0.3) is 0 Å². The van der Waals surface area contributed by atoms with Gasteiger partial charge in [0.05, 0.1) is 16.3 Å². The van der Waals surface area contributed by atoms with Gasteiger partial charge in [0.1, 0.15) is 0 Å². The van der Waals surface area contributed by atoms with E-state index in [-0.39, 0.29) is 23.6 Å². The Balaban J connectivity index is 1.99. The number of carboxylic acid groups (broad SMARTS) is 1. The zero-order valence-corrected chi connectivity index (χ0v) is 15.7. The number of anilines is 1. The molecule has 5 nitrogen and oxygen atoms in total. The van der Waals surface area contributed by atoms with E-state index in [9.17, 15) is 14.7 Å². The Morgan fingerprint density at radius 3 is 2.70 bits per heavy atom. The fourth-order valence-electron chi connectivity index (χ4n) is 1.75. The summed E-state index contributed by atoms with van der Waals surface area (Å²) in [6, 6.07) is 8.72. The summed E-state index contributed by atoms with van der Waals surface area (Å²) in [5.74, 6) is -0.802. The van der Waals surface area contributed by atoms with E-state index in [1.807, 2.05) is 18.2 Å². The third kappa shape index (κ3) is 5.33. The van der Waals surface area contributed by atoms with Crippen molar-refractivity contribution in [1.29, 1.82) is 0 Å². The van der Waals surface area contributed by atoms with E-state index in [2.05, 4.69) is 42.2 Å². The van der Waals surface area contributed by atoms with Gasteiger partial charge in [0, 0.05) is 27.3 Å². The number of hydrogen-bond donors (Lipinski definition) is 2. The van der Waals surface area contributed by atoms with Crippen molar-refractivity contribution in [3.05, 3.63) is 51.0 Å². The van der Waals surface area contributed by atoms with E-state index >= 15 is 0 Å². The smallest absolute Gasteiger partial charge is 0.337 e. The van der Waals surface area contributed by atoms with Crippen LogP contribution in [0.2, 0.25) is 0 Å². The van der Waals surface area contributed by atoms with Crippen molar-refractivity contribution in [3.63, 3.8) is 0 Å². The number of amides is 1. The molecule has 1 aromatic heterocycles. The molecule has 0 fully saturated rings. The average Bonchev–Trinajstić information content (AvgIpc) is 2.50. The predicted octanol–water partition coefficient (Wildman–Crippen LogP) is 4.43. The first-order valence-electron chi connectivity index (χ1n) is 6.53. The van der Waals surface area contributed by atoms with Gasteiger partial charge < -0.3 is 10.4 Å². The van der Waals surface area contributed by atoms with Gasteiger partial charge in [-0.05, 0) is 40.2 Å². The molecule has 1 heterocycles. The molecule has 23 heavy (non-hydrogen) atoms. The number of nitrogens with one attached hydrogen (secondary N) is 1. The number of aromatic carboxylic acids is 1. The number of nitrogens with zero attached hydrogens (tertiary/aromatic N) is 1. The van der Waals surface area contributed by atoms with Crippen LogP contribution < -0.4 is 5.32 Å². The Morgan fingerprint density at radius 1 is 1.26 bits per heavy atom. The molecule has 0 saturated carbocycles. The van der Waals surface area contributed by atoms with Crippen LogP contribution in [0.15, 0.2) is 50.5 Å². The third-order valence-electron chi connectivity index (χ3n) is 2.77. The molecule has 0 unspecified atom stereocenters. The lowest BCUT2D eigenvalue weighted by atomic mass is 10.2. The summed E-state index contributed by atoms with van der Waals surface area (Å²) >= 11 is 7.98. The van der Waals surface area contributed by atoms with Gasteiger partial charge in [-0.2, -0.15) is 0 Å². The first kappa shape index (κ1) is 18.0. The normalized spacial score (nSPS) is 10.3. The summed E-state index contributed by atoms with van der Waals surface area (Å²) in [7, 11) is 0. The second kappa shape index (κ2) is 8.47. The standard InChI is InChI=1S/C15H12Br2N2O3S/c16-9-7-10(15(21)22)14(11(17)8-9)19-12(20)4-6-23-13-3-1-2-5-18-13/h1-3,5,7-8H,4,6H2,(H,19,20)(H,21,22). The van der Waals surface area contributed by atoms with Gasteiger partial charge in [-0.25, -0.2) is 9.78 Å². The lowest BCUT2D eigenvalue weighted by molar-refractivity contribution is -0.115. The molecular weight excluding hydrogens is 448 g/mol. The van der Waals surface area contributed by atoms with Gasteiger partial charge in [0.25, 0.3) is 0 Å². The van der Waals surface area contributed by atoms with Crippen LogP contribution in [0.1, 0.15) is 16.8 Å². The number of aromatic nitrogens is 1. The van der Waals surface area contributed by atoms with Crippen molar-refractivity contribution in [2.45, 2.75) is 11.4 Å². The topological polar surface area (TPSA) is 79.3 Å². The number of carboxylic acids is 1. The highest BCUT2D eigenvalue weighted by Gasteiger charge is 2.16. The number of pyridine rings is 1. The Hall–Kier alpha value is -1.38. The van der Waals surface area contributed by atoms with Crippen molar-refractivity contribution < 1.29 is 14.7 Å². The van der Waals surface area contributed by atoms with Gasteiger partial charge >= 0.3 is 5.97 Å². The van der Waals surface area contributed by atoms with Crippen LogP contribution in [-0.4, -0.2) is 27.7 Å². The molecule has 0 saturated heterocycles. The maximum Gasteiger partial charge on any atom is 0.337 e. The van der Waals surface area contributed by atoms with Crippen LogP contribution in [0, 0.1) is 0 Å². The maximum absolute atomic E-state index is 12.0. The molecule has 2 rings (SSSR count). The Labute approximate surface area is 154 Å². The Bertz CT molecular complexity index is 726. The van der Waals surface area contributed by atoms with E-state index in [1.54, 1.807) is 12.3 Å². The van der Waals surface area contributed by atoms with Crippen molar-refractivity contribution in [2.24, 2.45) is 0 Å². The first-order chi connectivity index (χ1) is 11.0. The monoisotopic (exact) mass is 458 g/mol. The van der Waals surface area contributed by atoms with E-state index in [0.717, 1.165) is 5.03 Å². The Morgan fingerprint density at radius 2 is 2.04 bits per heavy atom. The molecule has 8 heteroatoms. The number of thioether (sulfide) groups is 1. The number of carbonyl (C=O) groups is 2. The second-order valence-corrected chi connectivity index (χ2v) is 7.32. The lowest BCUT2D eigenvalue weighted by Crippen LogP contribution is -2.15.